The Balaban J connectivity index is 1.41. The quantitative estimate of drug-likeness (QED) is 0.160. The van der Waals surface area contributed by atoms with Gasteiger partial charge in [0.15, 0.2) is 6.29 Å². The zero-order valence-corrected chi connectivity index (χ0v) is 27.8. The molecular formula is C36H41Cl3N2O4. The lowest BCUT2D eigenvalue weighted by molar-refractivity contribution is -0.276. The Labute approximate surface area is 281 Å². The molecule has 4 atom stereocenters. The second-order valence-corrected chi connectivity index (χ2v) is 14.3. The maximum atomic E-state index is 12.0. The molecule has 1 saturated heterocycles. The van der Waals surface area contributed by atoms with Gasteiger partial charge in [-0.05, 0) is 52.8 Å². The maximum Gasteiger partial charge on any atom is 0.272 e. The molecule has 3 aromatic rings. The molecule has 240 valence electrons. The Morgan fingerprint density at radius 3 is 2.33 bits per heavy atom. The highest BCUT2D eigenvalue weighted by atomic mass is 35.6. The van der Waals surface area contributed by atoms with E-state index in [4.69, 9.17) is 44.3 Å². The third kappa shape index (κ3) is 8.69. The molecule has 5 rings (SSSR count). The number of aliphatic hydroxyl groups is 1. The van der Waals surface area contributed by atoms with E-state index in [1.54, 1.807) is 0 Å². The predicted molar refractivity (Wildman–Crippen MR) is 181 cm³/mol. The number of rotatable bonds is 11. The van der Waals surface area contributed by atoms with Crippen molar-refractivity contribution in [2.75, 3.05) is 13.1 Å². The topological polar surface area (TPSA) is 71.0 Å². The number of nitrogens with zero attached hydrogens (tertiary/aromatic N) is 1. The SMILES string of the molecule is C=CCN(C[C@H]1O[C@@H](c2cccc(-c3cccc(CNC(=O)C(Cl)(Cl)Cl)c3)c2)O[C@@H](c2ccc(CO)cc2)[C@H]1C)C1CCCC1. The van der Waals surface area contributed by atoms with E-state index in [0.29, 0.717) is 6.04 Å². The molecule has 0 spiro atoms. The Kier molecular flexibility index (Phi) is 11.6. The van der Waals surface area contributed by atoms with E-state index >= 15 is 0 Å². The minimum Gasteiger partial charge on any atom is -0.392 e. The van der Waals surface area contributed by atoms with E-state index in [9.17, 15) is 9.90 Å². The molecule has 0 bridgehead atoms. The van der Waals surface area contributed by atoms with Crippen molar-refractivity contribution < 1.29 is 19.4 Å². The number of hydrogen-bond donors (Lipinski definition) is 2. The summed E-state index contributed by atoms with van der Waals surface area (Å²) in [6.07, 6.45) is 6.09. The van der Waals surface area contributed by atoms with Gasteiger partial charge >= 0.3 is 0 Å². The van der Waals surface area contributed by atoms with Crippen molar-refractivity contribution in [3.05, 3.63) is 108 Å². The summed E-state index contributed by atoms with van der Waals surface area (Å²) < 4.78 is 11.5. The van der Waals surface area contributed by atoms with E-state index in [2.05, 4.69) is 29.8 Å². The zero-order valence-electron chi connectivity index (χ0n) is 25.5. The first-order chi connectivity index (χ1) is 21.7. The van der Waals surface area contributed by atoms with E-state index < -0.39 is 16.0 Å². The van der Waals surface area contributed by atoms with Gasteiger partial charge in [0.1, 0.15) is 0 Å². The molecular weight excluding hydrogens is 631 g/mol. The fourth-order valence-corrected chi connectivity index (χ4v) is 6.58. The fourth-order valence-electron chi connectivity index (χ4n) is 6.38. The minimum absolute atomic E-state index is 0.000881. The van der Waals surface area contributed by atoms with Gasteiger partial charge in [-0.3, -0.25) is 9.69 Å². The third-order valence-electron chi connectivity index (χ3n) is 8.87. The zero-order chi connectivity index (χ0) is 32.0. The highest BCUT2D eigenvalue weighted by Crippen LogP contribution is 2.43. The first kappa shape index (κ1) is 33.9. The number of hydrogen-bond acceptors (Lipinski definition) is 5. The molecule has 9 heteroatoms. The molecule has 0 unspecified atom stereocenters. The molecule has 2 aliphatic rings. The van der Waals surface area contributed by atoms with Crippen LogP contribution in [0.3, 0.4) is 0 Å². The summed E-state index contributed by atoms with van der Waals surface area (Å²) in [6.45, 7) is 8.09. The highest BCUT2D eigenvalue weighted by Gasteiger charge is 2.40. The van der Waals surface area contributed by atoms with Gasteiger partial charge in [-0.2, -0.15) is 0 Å². The van der Waals surface area contributed by atoms with Crippen LogP contribution in [0.15, 0.2) is 85.5 Å². The summed E-state index contributed by atoms with van der Waals surface area (Å²) in [6, 6.07) is 24.6. The second kappa shape index (κ2) is 15.4. The number of aliphatic hydroxyl groups excluding tert-OH is 1. The number of benzene rings is 3. The average molecular weight is 672 g/mol. The standard InChI is InChI=1S/C36H41Cl3N2O4/c1-3-18-41(31-12-4-5-13-31)22-32-24(2)33(27-16-14-25(23-42)15-17-27)45-34(44-32)30-11-7-10-29(20-30)28-9-6-8-26(19-28)21-40-35(43)36(37,38)39/h3,6-11,14-17,19-20,24,31-34,42H,1,4-5,12-13,18,21-23H2,2H3,(H,40,43)/t24-,32+,33+,34+/m0/s1. The molecule has 2 N–H and O–H groups in total. The predicted octanol–water partition coefficient (Wildman–Crippen LogP) is 8.05. The summed E-state index contributed by atoms with van der Waals surface area (Å²) in [4.78, 5) is 14.6. The molecule has 45 heavy (non-hydrogen) atoms. The van der Waals surface area contributed by atoms with Crippen molar-refractivity contribution in [3.8, 4) is 11.1 Å². The summed E-state index contributed by atoms with van der Waals surface area (Å²) in [5.74, 6) is -0.576. The number of carbonyl (C=O) groups excluding carboxylic acids is 1. The molecule has 3 aromatic carbocycles. The van der Waals surface area contributed by atoms with E-state index in [1.807, 2.05) is 72.8 Å². The van der Waals surface area contributed by atoms with Gasteiger partial charge in [0.2, 0.25) is 0 Å². The molecule has 1 aliphatic carbocycles. The number of alkyl halides is 3. The lowest BCUT2D eigenvalue weighted by atomic mass is 9.89. The van der Waals surface area contributed by atoms with Crippen LogP contribution in [-0.4, -0.2) is 44.9 Å². The summed E-state index contributed by atoms with van der Waals surface area (Å²) in [5, 5.41) is 12.3. The molecule has 1 aliphatic heterocycles. The van der Waals surface area contributed by atoms with Crippen LogP contribution in [0.1, 0.15) is 67.3 Å². The van der Waals surface area contributed by atoms with Crippen LogP contribution < -0.4 is 5.32 Å². The molecule has 6 nitrogen and oxygen atoms in total. The first-order valence-electron chi connectivity index (χ1n) is 15.6. The van der Waals surface area contributed by atoms with Crippen molar-refractivity contribution in [2.45, 2.75) is 74.1 Å². The Morgan fingerprint density at radius 2 is 1.67 bits per heavy atom. The van der Waals surface area contributed by atoms with Gasteiger partial charge in [0.05, 0.1) is 18.8 Å². The Morgan fingerprint density at radius 1 is 0.978 bits per heavy atom. The van der Waals surface area contributed by atoms with Crippen molar-refractivity contribution in [1.29, 1.82) is 0 Å². The van der Waals surface area contributed by atoms with Crippen molar-refractivity contribution in [2.24, 2.45) is 5.92 Å². The highest BCUT2D eigenvalue weighted by molar-refractivity contribution is 6.76. The van der Waals surface area contributed by atoms with E-state index in [0.717, 1.165) is 46.5 Å². The maximum absolute atomic E-state index is 12.0. The molecule has 1 heterocycles. The Bertz CT molecular complexity index is 1440. The van der Waals surface area contributed by atoms with Crippen LogP contribution in [-0.2, 0) is 27.4 Å². The molecule has 0 radical (unpaired) electrons. The van der Waals surface area contributed by atoms with Crippen LogP contribution in [0, 0.1) is 5.92 Å². The second-order valence-electron chi connectivity index (χ2n) is 12.0. The minimum atomic E-state index is -2.01. The van der Waals surface area contributed by atoms with Gasteiger partial charge < -0.3 is 19.9 Å². The van der Waals surface area contributed by atoms with Crippen LogP contribution in [0.2, 0.25) is 0 Å². The van der Waals surface area contributed by atoms with Crippen LogP contribution in [0.4, 0.5) is 0 Å². The summed E-state index contributed by atoms with van der Waals surface area (Å²) in [5.41, 5.74) is 5.70. The first-order valence-corrected chi connectivity index (χ1v) is 16.7. The van der Waals surface area contributed by atoms with Crippen LogP contribution >= 0.6 is 34.8 Å². The van der Waals surface area contributed by atoms with E-state index in [-0.39, 0.29) is 31.3 Å². The van der Waals surface area contributed by atoms with Gasteiger partial charge in [-0.25, -0.2) is 0 Å². The van der Waals surface area contributed by atoms with Crippen molar-refractivity contribution in [3.63, 3.8) is 0 Å². The number of amides is 1. The molecule has 1 saturated carbocycles. The fraction of sp³-hybridized carbons (Fsp3) is 0.417. The molecule has 0 aromatic heterocycles. The normalized spacial score (nSPS) is 22.4. The number of nitrogens with one attached hydrogen (secondary N) is 1. The van der Waals surface area contributed by atoms with Crippen molar-refractivity contribution >= 4 is 40.7 Å². The van der Waals surface area contributed by atoms with Gasteiger partial charge in [0.25, 0.3) is 9.70 Å². The Hall–Kier alpha value is -2.42. The van der Waals surface area contributed by atoms with Gasteiger partial charge in [0, 0.05) is 37.2 Å². The third-order valence-corrected chi connectivity index (χ3v) is 9.39. The molecule has 1 amide bonds. The van der Waals surface area contributed by atoms with Crippen molar-refractivity contribution in [1.82, 2.24) is 10.2 Å². The monoisotopic (exact) mass is 670 g/mol. The van der Waals surface area contributed by atoms with E-state index in [1.165, 1.54) is 25.7 Å². The van der Waals surface area contributed by atoms with Gasteiger partial charge in [-0.15, -0.1) is 6.58 Å². The largest absolute Gasteiger partial charge is 0.392 e. The lowest BCUT2D eigenvalue weighted by Crippen LogP contribution is -2.47. The average Bonchev–Trinajstić information content (AvgIpc) is 3.59. The number of ether oxygens (including phenoxy) is 2. The summed E-state index contributed by atoms with van der Waals surface area (Å²) >= 11 is 17.1. The number of carbonyl (C=O) groups is 1. The van der Waals surface area contributed by atoms with Crippen LogP contribution in [0.5, 0.6) is 0 Å². The molecule has 2 fully saturated rings. The lowest BCUT2D eigenvalue weighted by Gasteiger charge is -2.43. The summed E-state index contributed by atoms with van der Waals surface area (Å²) in [7, 11) is 0. The smallest absolute Gasteiger partial charge is 0.272 e. The number of halogens is 3. The van der Waals surface area contributed by atoms with Gasteiger partial charge in [-0.1, -0.05) is 121 Å². The van der Waals surface area contributed by atoms with Crippen LogP contribution in [0.25, 0.3) is 11.1 Å².